The van der Waals surface area contributed by atoms with Crippen molar-refractivity contribution in [3.63, 3.8) is 0 Å². The highest BCUT2D eigenvalue weighted by Gasteiger charge is 2.49. The van der Waals surface area contributed by atoms with Crippen LogP contribution in [-0.2, 0) is 5.41 Å². The Labute approximate surface area is 354 Å². The molecule has 0 saturated heterocycles. The zero-order chi connectivity index (χ0) is 40.9. The van der Waals surface area contributed by atoms with Crippen molar-refractivity contribution in [2.45, 2.75) is 5.41 Å². The lowest BCUT2D eigenvalue weighted by Crippen LogP contribution is -2.30. The molecule has 0 atom stereocenters. The molecule has 10 aromatic rings. The summed E-state index contributed by atoms with van der Waals surface area (Å²) in [6.45, 7) is 0.292. The molecule has 0 spiro atoms. The van der Waals surface area contributed by atoms with Gasteiger partial charge in [-0.15, -0.1) is 0 Å². The second-order valence-corrected chi connectivity index (χ2v) is 15.8. The lowest BCUT2D eigenvalue weighted by Gasteiger charge is -2.37. The van der Waals surface area contributed by atoms with Crippen molar-refractivity contribution in [1.29, 1.82) is 0 Å². The molecule has 1 aliphatic carbocycles. The first-order valence-electron chi connectivity index (χ1n) is 21.0. The van der Waals surface area contributed by atoms with Gasteiger partial charge in [0.1, 0.15) is 24.7 Å². The van der Waals surface area contributed by atoms with E-state index in [0.29, 0.717) is 11.5 Å². The third-order valence-corrected chi connectivity index (χ3v) is 12.6. The molecule has 0 aliphatic heterocycles. The normalized spacial score (nSPS) is 12.8. The molecule has 0 saturated carbocycles. The third-order valence-electron chi connectivity index (χ3n) is 12.6. The smallest absolute Gasteiger partial charge is 0.119 e. The van der Waals surface area contributed by atoms with E-state index in [4.69, 9.17) is 9.47 Å². The van der Waals surface area contributed by atoms with Crippen LogP contribution in [0.4, 0.5) is 0 Å². The van der Waals surface area contributed by atoms with Crippen LogP contribution >= 0.6 is 0 Å². The van der Waals surface area contributed by atoms with E-state index < -0.39 is 5.41 Å². The largest absolute Gasteiger partial charge is 0.491 e. The molecule has 294 valence electrons. The summed E-state index contributed by atoms with van der Waals surface area (Å²) < 4.78 is 12.0. The Kier molecular flexibility index (Phi) is 9.11. The summed E-state index contributed by atoms with van der Waals surface area (Å²) in [6, 6.07) is 70.2. The molecule has 2 N–H and O–H groups in total. The molecular weight excluding hydrogens is 749 g/mol. The van der Waals surface area contributed by atoms with Gasteiger partial charge >= 0.3 is 0 Å². The molecule has 10 aromatic carbocycles. The Hall–Kier alpha value is -7.24. The van der Waals surface area contributed by atoms with E-state index in [1.54, 1.807) is 0 Å². The fourth-order valence-electron chi connectivity index (χ4n) is 10.2. The predicted molar refractivity (Wildman–Crippen MR) is 250 cm³/mol. The zero-order valence-corrected chi connectivity index (χ0v) is 33.5. The Balaban J connectivity index is 1.30. The molecule has 1 aliphatic rings. The minimum Gasteiger partial charge on any atom is -0.491 e. The van der Waals surface area contributed by atoms with E-state index >= 15 is 0 Å². The SMILES string of the molecule is OCCOc1ccc(C2(c3ccc(OCCO)cc3)c3c(cccc3-c3cc4ccccc4c4ccccc34)-c3cccc(-c4cc5ccccc5c5ccccc45)c32)cc1. The maximum atomic E-state index is 9.65. The van der Waals surface area contributed by atoms with Crippen LogP contribution in [0.1, 0.15) is 22.3 Å². The van der Waals surface area contributed by atoms with Gasteiger partial charge in [-0.1, -0.05) is 158 Å². The quantitative estimate of drug-likeness (QED) is 0.135. The van der Waals surface area contributed by atoms with Crippen molar-refractivity contribution in [1.82, 2.24) is 0 Å². The highest BCUT2D eigenvalue weighted by atomic mass is 16.5. The van der Waals surface area contributed by atoms with E-state index in [1.165, 1.54) is 76.5 Å². The summed E-state index contributed by atoms with van der Waals surface area (Å²) in [6.07, 6.45) is 0. The van der Waals surface area contributed by atoms with E-state index in [1.807, 2.05) is 24.3 Å². The molecule has 0 heterocycles. The van der Waals surface area contributed by atoms with Crippen LogP contribution < -0.4 is 9.47 Å². The molecule has 0 amide bonds. The fraction of sp³-hybridized carbons (Fsp3) is 0.0877. The zero-order valence-electron chi connectivity index (χ0n) is 33.5. The average molecular weight is 791 g/mol. The number of benzene rings is 10. The lowest BCUT2D eigenvalue weighted by molar-refractivity contribution is 0.201. The summed E-state index contributed by atoms with van der Waals surface area (Å²) in [5.74, 6) is 1.39. The van der Waals surface area contributed by atoms with Gasteiger partial charge in [-0.05, 0) is 135 Å². The number of hydrogen-bond donors (Lipinski definition) is 2. The molecule has 0 unspecified atom stereocenters. The molecule has 11 rings (SSSR count). The third kappa shape index (κ3) is 5.83. The highest BCUT2D eigenvalue weighted by molar-refractivity contribution is 6.16. The van der Waals surface area contributed by atoms with Crippen molar-refractivity contribution in [3.8, 4) is 44.9 Å². The lowest BCUT2D eigenvalue weighted by atomic mass is 9.64. The first-order valence-corrected chi connectivity index (χ1v) is 21.0. The monoisotopic (exact) mass is 790 g/mol. The maximum absolute atomic E-state index is 9.65. The van der Waals surface area contributed by atoms with E-state index in [2.05, 4.69) is 170 Å². The highest BCUT2D eigenvalue weighted by Crippen LogP contribution is 2.62. The number of rotatable bonds is 10. The van der Waals surface area contributed by atoms with Gasteiger partial charge in [0.15, 0.2) is 0 Å². The Morgan fingerprint density at radius 2 is 0.672 bits per heavy atom. The average Bonchev–Trinajstić information content (AvgIpc) is 3.64. The molecule has 61 heavy (non-hydrogen) atoms. The van der Waals surface area contributed by atoms with Crippen molar-refractivity contribution < 1.29 is 19.7 Å². The Bertz CT molecular complexity index is 3050. The molecule has 0 bridgehead atoms. The first-order chi connectivity index (χ1) is 30.2. The van der Waals surface area contributed by atoms with Crippen molar-refractivity contribution in [2.24, 2.45) is 0 Å². The molecule has 0 radical (unpaired) electrons. The summed E-state index contributed by atoms with van der Waals surface area (Å²) in [7, 11) is 0. The number of aliphatic hydroxyl groups is 2. The van der Waals surface area contributed by atoms with E-state index in [0.717, 1.165) is 22.3 Å². The van der Waals surface area contributed by atoms with Gasteiger partial charge < -0.3 is 19.7 Å². The number of fused-ring (bicyclic) bond motifs is 9. The van der Waals surface area contributed by atoms with Crippen LogP contribution in [0.5, 0.6) is 11.5 Å². The summed E-state index contributed by atoms with van der Waals surface area (Å²) >= 11 is 0. The van der Waals surface area contributed by atoms with E-state index in [-0.39, 0.29) is 26.4 Å². The Morgan fingerprint density at radius 3 is 1.07 bits per heavy atom. The summed E-state index contributed by atoms with van der Waals surface area (Å²) in [5.41, 5.74) is 10.8. The molecule has 4 nitrogen and oxygen atoms in total. The molecule has 4 heteroatoms. The number of ether oxygens (including phenoxy) is 2. The fourth-order valence-corrected chi connectivity index (χ4v) is 10.2. The van der Waals surface area contributed by atoms with Crippen LogP contribution in [0.25, 0.3) is 76.5 Å². The summed E-state index contributed by atoms with van der Waals surface area (Å²) in [5, 5.41) is 29.0. The topological polar surface area (TPSA) is 58.9 Å². The molecular formula is C57H42O4. The second kappa shape index (κ2) is 15.1. The van der Waals surface area contributed by atoms with Gasteiger partial charge in [-0.3, -0.25) is 0 Å². The predicted octanol–water partition coefficient (Wildman–Crippen LogP) is 12.7. The minimum atomic E-state index is -0.845. The van der Waals surface area contributed by atoms with Crippen LogP contribution in [0.3, 0.4) is 0 Å². The van der Waals surface area contributed by atoms with Gasteiger partial charge in [-0.25, -0.2) is 0 Å². The Morgan fingerprint density at radius 1 is 0.328 bits per heavy atom. The number of hydrogen-bond acceptors (Lipinski definition) is 4. The van der Waals surface area contributed by atoms with Crippen LogP contribution in [-0.4, -0.2) is 36.6 Å². The van der Waals surface area contributed by atoms with Gasteiger partial charge in [0, 0.05) is 0 Å². The van der Waals surface area contributed by atoms with Gasteiger partial charge in [-0.2, -0.15) is 0 Å². The van der Waals surface area contributed by atoms with Crippen LogP contribution in [0.15, 0.2) is 194 Å². The van der Waals surface area contributed by atoms with Gasteiger partial charge in [0.2, 0.25) is 0 Å². The molecule has 0 aromatic heterocycles. The van der Waals surface area contributed by atoms with Crippen molar-refractivity contribution >= 4 is 43.1 Å². The van der Waals surface area contributed by atoms with E-state index in [9.17, 15) is 10.2 Å². The summed E-state index contributed by atoms with van der Waals surface area (Å²) in [4.78, 5) is 0. The second-order valence-electron chi connectivity index (χ2n) is 15.8. The van der Waals surface area contributed by atoms with Crippen molar-refractivity contribution in [3.05, 3.63) is 216 Å². The maximum Gasteiger partial charge on any atom is 0.119 e. The van der Waals surface area contributed by atoms with Gasteiger partial charge in [0.05, 0.1) is 18.6 Å². The first kappa shape index (κ1) is 36.8. The van der Waals surface area contributed by atoms with Crippen LogP contribution in [0, 0.1) is 0 Å². The minimum absolute atomic E-state index is 0.0662. The number of aliphatic hydroxyl groups excluding tert-OH is 2. The molecule has 0 fully saturated rings. The van der Waals surface area contributed by atoms with Crippen molar-refractivity contribution in [2.75, 3.05) is 26.4 Å². The van der Waals surface area contributed by atoms with Crippen LogP contribution in [0.2, 0.25) is 0 Å². The van der Waals surface area contributed by atoms with Gasteiger partial charge in [0.25, 0.3) is 0 Å². The standard InChI is InChI=1S/C57H42O4/c58-31-33-60-41-27-23-39(24-28-41)57(40-25-29-42(30-26-40)61-34-32-59)55-49(19-9-21-51(55)53-35-37-11-1-3-13-43(37)45-15-5-7-17-47(45)53)50-20-10-22-52(56(50)57)54-36-38-12-2-4-14-44(38)46-16-6-8-18-48(46)54/h1-30,35-36,58-59H,31-34H2.